The van der Waals surface area contributed by atoms with Crippen molar-refractivity contribution in [3.63, 3.8) is 0 Å². The number of alkyl halides is 2. The first-order valence-electron chi connectivity index (χ1n) is 5.86. The van der Waals surface area contributed by atoms with Gasteiger partial charge in [0.15, 0.2) is 0 Å². The topological polar surface area (TPSA) is 55.2 Å². The first-order valence-corrected chi connectivity index (χ1v) is 7.02. The number of nitrogens with zero attached hydrogens (tertiary/aromatic N) is 1. The number of benzene rings is 1. The van der Waals surface area contributed by atoms with Crippen LogP contribution < -0.4 is 5.32 Å². The Labute approximate surface area is 114 Å². The Kier molecular flexibility index (Phi) is 6.01. The van der Waals surface area contributed by atoms with E-state index >= 15 is 0 Å². The molecule has 4 nitrogen and oxygen atoms in total. The quantitative estimate of drug-likeness (QED) is 0.607. The number of hydrogen-bond acceptors (Lipinski definition) is 4. The van der Waals surface area contributed by atoms with Crippen molar-refractivity contribution in [2.24, 2.45) is 0 Å². The molecule has 0 amide bonds. The third-order valence-electron chi connectivity index (χ3n) is 2.45. The van der Waals surface area contributed by atoms with Crippen molar-refractivity contribution in [2.75, 3.05) is 16.8 Å². The molecule has 0 saturated heterocycles. The summed E-state index contributed by atoms with van der Waals surface area (Å²) in [7, 11) is 0. The number of rotatable bonds is 7. The van der Waals surface area contributed by atoms with Crippen molar-refractivity contribution in [3.8, 4) is 0 Å². The molecular weight excluding hydrogens is 274 g/mol. The maximum absolute atomic E-state index is 12.9. The van der Waals surface area contributed by atoms with Crippen molar-refractivity contribution in [1.82, 2.24) is 0 Å². The van der Waals surface area contributed by atoms with E-state index in [0.717, 1.165) is 17.6 Å². The van der Waals surface area contributed by atoms with Gasteiger partial charge in [0.1, 0.15) is 0 Å². The van der Waals surface area contributed by atoms with Gasteiger partial charge in [-0.05, 0) is 18.7 Å². The van der Waals surface area contributed by atoms with E-state index in [4.69, 9.17) is 0 Å². The summed E-state index contributed by atoms with van der Waals surface area (Å²) in [6, 6.07) is 3.51. The van der Waals surface area contributed by atoms with Crippen LogP contribution in [0.4, 0.5) is 20.2 Å². The predicted molar refractivity (Wildman–Crippen MR) is 74.1 cm³/mol. The number of non-ortho nitro benzene ring substituents is 1. The molecule has 0 heterocycles. The lowest BCUT2D eigenvalue weighted by atomic mass is 10.1. The minimum absolute atomic E-state index is 0.0175. The monoisotopic (exact) mass is 290 g/mol. The van der Waals surface area contributed by atoms with Crippen LogP contribution in [0.15, 0.2) is 18.2 Å². The SMILES string of the molecule is CCSCC(C)Nc1ccc([N+](=O)[O-])cc1C(F)F. The van der Waals surface area contributed by atoms with Crippen molar-refractivity contribution in [2.45, 2.75) is 26.3 Å². The zero-order valence-electron chi connectivity index (χ0n) is 10.7. The summed E-state index contributed by atoms with van der Waals surface area (Å²) in [6.45, 7) is 3.91. The second kappa shape index (κ2) is 7.28. The highest BCUT2D eigenvalue weighted by molar-refractivity contribution is 7.99. The van der Waals surface area contributed by atoms with Crippen LogP contribution >= 0.6 is 11.8 Å². The molecule has 1 aromatic rings. The maximum atomic E-state index is 12.9. The standard InChI is InChI=1S/C12H16F2N2O2S/c1-3-19-7-8(2)15-11-5-4-9(16(17)18)6-10(11)12(13)14/h4-6,8,12,15H,3,7H2,1-2H3. The lowest BCUT2D eigenvalue weighted by Crippen LogP contribution is -2.19. The average Bonchev–Trinajstić information content (AvgIpc) is 2.36. The molecule has 0 spiro atoms. The van der Waals surface area contributed by atoms with Crippen molar-refractivity contribution in [1.29, 1.82) is 0 Å². The number of anilines is 1. The van der Waals surface area contributed by atoms with Gasteiger partial charge in [-0.15, -0.1) is 0 Å². The van der Waals surface area contributed by atoms with Crippen LogP contribution in [0.1, 0.15) is 25.8 Å². The van der Waals surface area contributed by atoms with E-state index < -0.39 is 11.3 Å². The van der Waals surface area contributed by atoms with E-state index in [2.05, 4.69) is 5.32 Å². The smallest absolute Gasteiger partial charge is 0.270 e. The van der Waals surface area contributed by atoms with Crippen LogP contribution in [-0.2, 0) is 0 Å². The number of nitro benzene ring substituents is 1. The summed E-state index contributed by atoms with van der Waals surface area (Å²) in [5.41, 5.74) is -0.399. The zero-order chi connectivity index (χ0) is 14.4. The van der Waals surface area contributed by atoms with E-state index in [1.807, 2.05) is 13.8 Å². The predicted octanol–water partition coefficient (Wildman–Crippen LogP) is 4.09. The summed E-state index contributed by atoms with van der Waals surface area (Å²) >= 11 is 1.70. The molecular formula is C12H16F2N2O2S. The molecule has 0 fully saturated rings. The van der Waals surface area contributed by atoms with Gasteiger partial charge in [-0.2, -0.15) is 11.8 Å². The molecule has 0 aromatic heterocycles. The highest BCUT2D eigenvalue weighted by atomic mass is 32.2. The molecule has 1 aromatic carbocycles. The molecule has 19 heavy (non-hydrogen) atoms. The number of thioether (sulfide) groups is 1. The molecule has 0 aliphatic carbocycles. The van der Waals surface area contributed by atoms with Gasteiger partial charge in [-0.3, -0.25) is 10.1 Å². The second-order valence-corrected chi connectivity index (χ2v) is 5.35. The maximum Gasteiger partial charge on any atom is 0.270 e. The summed E-state index contributed by atoms with van der Waals surface area (Å²) in [5, 5.41) is 13.6. The molecule has 0 bridgehead atoms. The van der Waals surface area contributed by atoms with E-state index in [9.17, 15) is 18.9 Å². The van der Waals surface area contributed by atoms with Crippen molar-refractivity contribution in [3.05, 3.63) is 33.9 Å². The van der Waals surface area contributed by atoms with Gasteiger partial charge in [-0.1, -0.05) is 6.92 Å². The molecule has 0 saturated carbocycles. The van der Waals surface area contributed by atoms with Crippen LogP contribution in [0.5, 0.6) is 0 Å². The van der Waals surface area contributed by atoms with Crippen LogP contribution in [0, 0.1) is 10.1 Å². The Hall–Kier alpha value is -1.37. The fourth-order valence-corrected chi connectivity index (χ4v) is 2.25. The Morgan fingerprint density at radius 3 is 2.68 bits per heavy atom. The Bertz CT molecular complexity index is 444. The third kappa shape index (κ3) is 4.66. The molecule has 7 heteroatoms. The Balaban J connectivity index is 2.90. The minimum atomic E-state index is -2.74. The Morgan fingerprint density at radius 2 is 2.16 bits per heavy atom. The fourth-order valence-electron chi connectivity index (χ4n) is 1.58. The first-order chi connectivity index (χ1) is 8.95. The average molecular weight is 290 g/mol. The molecule has 1 unspecified atom stereocenters. The van der Waals surface area contributed by atoms with Gasteiger partial charge in [-0.25, -0.2) is 8.78 Å². The minimum Gasteiger partial charge on any atom is -0.381 e. The van der Waals surface area contributed by atoms with Gasteiger partial charge in [0.2, 0.25) is 0 Å². The highest BCUT2D eigenvalue weighted by Gasteiger charge is 2.18. The van der Waals surface area contributed by atoms with E-state index in [-0.39, 0.29) is 23.0 Å². The largest absolute Gasteiger partial charge is 0.381 e. The fraction of sp³-hybridized carbons (Fsp3) is 0.500. The highest BCUT2D eigenvalue weighted by Crippen LogP contribution is 2.31. The van der Waals surface area contributed by atoms with Crippen LogP contribution in [0.25, 0.3) is 0 Å². The van der Waals surface area contributed by atoms with Gasteiger partial charge in [0.25, 0.3) is 12.1 Å². The lowest BCUT2D eigenvalue weighted by molar-refractivity contribution is -0.385. The molecule has 0 aliphatic rings. The molecule has 1 atom stereocenters. The van der Waals surface area contributed by atoms with Crippen LogP contribution in [0.2, 0.25) is 0 Å². The molecule has 0 aliphatic heterocycles. The first kappa shape index (κ1) is 15.7. The number of nitro groups is 1. The van der Waals surface area contributed by atoms with Gasteiger partial charge in [0, 0.05) is 35.2 Å². The number of hydrogen-bond donors (Lipinski definition) is 1. The van der Waals surface area contributed by atoms with Crippen LogP contribution in [-0.4, -0.2) is 22.5 Å². The van der Waals surface area contributed by atoms with Gasteiger partial charge >= 0.3 is 0 Å². The van der Waals surface area contributed by atoms with Gasteiger partial charge < -0.3 is 5.32 Å². The molecule has 0 radical (unpaired) electrons. The number of nitrogens with one attached hydrogen (secondary N) is 1. The summed E-state index contributed by atoms with van der Waals surface area (Å²) in [6.07, 6.45) is -2.74. The van der Waals surface area contributed by atoms with Gasteiger partial charge in [0.05, 0.1) is 4.92 Å². The zero-order valence-corrected chi connectivity index (χ0v) is 11.5. The van der Waals surface area contributed by atoms with Crippen molar-refractivity contribution >= 4 is 23.1 Å². The Morgan fingerprint density at radius 1 is 1.47 bits per heavy atom. The number of halogens is 2. The molecule has 106 valence electrons. The normalized spacial score (nSPS) is 12.5. The van der Waals surface area contributed by atoms with E-state index in [1.165, 1.54) is 12.1 Å². The second-order valence-electron chi connectivity index (χ2n) is 4.03. The van der Waals surface area contributed by atoms with Crippen LogP contribution in [0.3, 0.4) is 0 Å². The summed E-state index contributed by atoms with van der Waals surface area (Å²) in [4.78, 5) is 9.91. The molecule has 1 rings (SSSR count). The third-order valence-corrected chi connectivity index (χ3v) is 3.60. The summed E-state index contributed by atoms with van der Waals surface area (Å²) < 4.78 is 25.8. The van der Waals surface area contributed by atoms with E-state index in [0.29, 0.717) is 0 Å². The van der Waals surface area contributed by atoms with Crippen molar-refractivity contribution < 1.29 is 13.7 Å². The molecule has 1 N–H and O–H groups in total. The summed E-state index contributed by atoms with van der Waals surface area (Å²) in [5.74, 6) is 1.74. The van der Waals surface area contributed by atoms with E-state index in [1.54, 1.807) is 11.8 Å². The lowest BCUT2D eigenvalue weighted by Gasteiger charge is -2.17.